The molecule has 14 heavy (non-hydrogen) atoms. The number of hydrogen-bond donors (Lipinski definition) is 1. The van der Waals surface area contributed by atoms with Crippen LogP contribution in [0.2, 0.25) is 5.02 Å². The summed E-state index contributed by atoms with van der Waals surface area (Å²) in [7, 11) is 0. The van der Waals surface area contributed by atoms with E-state index >= 15 is 0 Å². The van der Waals surface area contributed by atoms with Gasteiger partial charge in [0.05, 0.1) is 0 Å². The summed E-state index contributed by atoms with van der Waals surface area (Å²) in [6.45, 7) is 3.93. The minimum atomic E-state index is -0.161. The first-order valence-electron chi connectivity index (χ1n) is 4.88. The lowest BCUT2D eigenvalue weighted by atomic mass is 10.1. The topological polar surface area (TPSA) is 12.0 Å². The normalized spacial score (nSPS) is 10.5. The Kier molecular flexibility index (Phi) is 4.91. The highest BCUT2D eigenvalue weighted by Crippen LogP contribution is 2.15. The van der Waals surface area contributed by atoms with E-state index in [4.69, 9.17) is 11.6 Å². The molecule has 0 fully saturated rings. The summed E-state index contributed by atoms with van der Waals surface area (Å²) < 4.78 is 13.2. The Balaban J connectivity index is 2.45. The molecule has 1 N–H and O–H groups in total. The standard InChI is InChI=1S/C11H15ClFN/c1-2-14-7-3-4-9-8-10(12)5-6-11(9)13/h5-6,8,14H,2-4,7H2,1H3. The monoisotopic (exact) mass is 215 g/mol. The molecule has 0 radical (unpaired) electrons. The van der Waals surface area contributed by atoms with Crippen molar-refractivity contribution in [3.63, 3.8) is 0 Å². The van der Waals surface area contributed by atoms with E-state index in [1.165, 1.54) is 6.07 Å². The minimum absolute atomic E-state index is 0.161. The Hall–Kier alpha value is -0.600. The van der Waals surface area contributed by atoms with Crippen LogP contribution < -0.4 is 5.32 Å². The predicted molar refractivity (Wildman–Crippen MR) is 58.3 cm³/mol. The third-order valence-corrected chi connectivity index (χ3v) is 2.29. The molecule has 0 saturated heterocycles. The van der Waals surface area contributed by atoms with Gasteiger partial charge < -0.3 is 5.32 Å². The Labute approximate surface area is 89.3 Å². The molecule has 0 heterocycles. The summed E-state index contributed by atoms with van der Waals surface area (Å²) in [5, 5.41) is 3.80. The number of aryl methyl sites for hydroxylation is 1. The lowest BCUT2D eigenvalue weighted by Gasteiger charge is -2.04. The quantitative estimate of drug-likeness (QED) is 0.745. The van der Waals surface area contributed by atoms with Gasteiger partial charge in [0.1, 0.15) is 5.82 Å². The second-order valence-corrected chi connectivity index (χ2v) is 3.63. The van der Waals surface area contributed by atoms with Crippen LogP contribution in [0.4, 0.5) is 4.39 Å². The number of hydrogen-bond acceptors (Lipinski definition) is 1. The molecule has 0 saturated carbocycles. The van der Waals surface area contributed by atoms with Crippen LogP contribution in [0.1, 0.15) is 18.9 Å². The molecule has 0 amide bonds. The molecule has 0 bridgehead atoms. The van der Waals surface area contributed by atoms with Crippen molar-refractivity contribution in [2.24, 2.45) is 0 Å². The highest BCUT2D eigenvalue weighted by atomic mass is 35.5. The molecule has 1 aromatic rings. The molecule has 0 atom stereocenters. The minimum Gasteiger partial charge on any atom is -0.317 e. The van der Waals surface area contributed by atoms with Crippen molar-refractivity contribution in [3.05, 3.63) is 34.6 Å². The summed E-state index contributed by atoms with van der Waals surface area (Å²) in [4.78, 5) is 0. The van der Waals surface area contributed by atoms with E-state index in [0.29, 0.717) is 10.6 Å². The van der Waals surface area contributed by atoms with Gasteiger partial charge in [0.25, 0.3) is 0 Å². The molecule has 0 aliphatic rings. The first-order valence-corrected chi connectivity index (χ1v) is 5.26. The maximum absolute atomic E-state index is 13.2. The fourth-order valence-corrected chi connectivity index (χ4v) is 1.51. The van der Waals surface area contributed by atoms with Crippen molar-refractivity contribution < 1.29 is 4.39 Å². The van der Waals surface area contributed by atoms with Gasteiger partial charge in [0, 0.05) is 5.02 Å². The van der Waals surface area contributed by atoms with Gasteiger partial charge in [-0.05, 0) is 49.7 Å². The zero-order chi connectivity index (χ0) is 10.4. The van der Waals surface area contributed by atoms with E-state index in [2.05, 4.69) is 12.2 Å². The van der Waals surface area contributed by atoms with Gasteiger partial charge in [-0.15, -0.1) is 0 Å². The Morgan fingerprint density at radius 2 is 2.21 bits per heavy atom. The van der Waals surface area contributed by atoms with Crippen molar-refractivity contribution >= 4 is 11.6 Å². The fraction of sp³-hybridized carbons (Fsp3) is 0.455. The molecule has 0 aliphatic carbocycles. The smallest absolute Gasteiger partial charge is 0.126 e. The van der Waals surface area contributed by atoms with E-state index in [0.717, 1.165) is 25.9 Å². The maximum atomic E-state index is 13.2. The van der Waals surface area contributed by atoms with E-state index < -0.39 is 0 Å². The van der Waals surface area contributed by atoms with Gasteiger partial charge in [-0.1, -0.05) is 18.5 Å². The van der Waals surface area contributed by atoms with Crippen molar-refractivity contribution in [2.75, 3.05) is 13.1 Å². The van der Waals surface area contributed by atoms with Crippen LogP contribution in [0.5, 0.6) is 0 Å². The molecule has 0 aromatic heterocycles. The van der Waals surface area contributed by atoms with Gasteiger partial charge >= 0.3 is 0 Å². The van der Waals surface area contributed by atoms with Crippen LogP contribution in [-0.2, 0) is 6.42 Å². The first kappa shape index (κ1) is 11.5. The van der Waals surface area contributed by atoms with Crippen molar-refractivity contribution in [1.82, 2.24) is 5.32 Å². The first-order chi connectivity index (χ1) is 6.74. The summed E-state index contributed by atoms with van der Waals surface area (Å²) in [5.41, 5.74) is 0.704. The third-order valence-electron chi connectivity index (χ3n) is 2.06. The summed E-state index contributed by atoms with van der Waals surface area (Å²) >= 11 is 5.77. The van der Waals surface area contributed by atoms with Crippen LogP contribution in [0.3, 0.4) is 0 Å². The average Bonchev–Trinajstić information content (AvgIpc) is 2.18. The zero-order valence-corrected chi connectivity index (χ0v) is 9.07. The van der Waals surface area contributed by atoms with Crippen LogP contribution in [0.25, 0.3) is 0 Å². The Bertz CT molecular complexity index is 289. The fourth-order valence-electron chi connectivity index (χ4n) is 1.32. The van der Waals surface area contributed by atoms with Crippen LogP contribution in [0, 0.1) is 5.82 Å². The number of halogens is 2. The number of rotatable bonds is 5. The summed E-state index contributed by atoms with van der Waals surface area (Å²) in [6, 6.07) is 4.69. The molecule has 1 nitrogen and oxygen atoms in total. The lowest BCUT2D eigenvalue weighted by molar-refractivity contribution is 0.596. The van der Waals surface area contributed by atoms with E-state index in [1.54, 1.807) is 12.1 Å². The van der Waals surface area contributed by atoms with Gasteiger partial charge in [-0.2, -0.15) is 0 Å². The van der Waals surface area contributed by atoms with Crippen molar-refractivity contribution in [1.29, 1.82) is 0 Å². The van der Waals surface area contributed by atoms with Crippen LogP contribution in [0.15, 0.2) is 18.2 Å². The SMILES string of the molecule is CCNCCCc1cc(Cl)ccc1F. The van der Waals surface area contributed by atoms with Gasteiger partial charge in [0.2, 0.25) is 0 Å². The molecule has 0 unspecified atom stereocenters. The Morgan fingerprint density at radius 1 is 1.43 bits per heavy atom. The van der Waals surface area contributed by atoms with Gasteiger partial charge in [-0.3, -0.25) is 0 Å². The van der Waals surface area contributed by atoms with Crippen LogP contribution in [-0.4, -0.2) is 13.1 Å². The molecular weight excluding hydrogens is 201 g/mol. The zero-order valence-electron chi connectivity index (χ0n) is 8.32. The molecule has 78 valence electrons. The Morgan fingerprint density at radius 3 is 2.93 bits per heavy atom. The maximum Gasteiger partial charge on any atom is 0.126 e. The molecule has 1 rings (SSSR count). The number of nitrogens with one attached hydrogen (secondary N) is 1. The predicted octanol–water partition coefficient (Wildman–Crippen LogP) is 3.02. The van der Waals surface area contributed by atoms with Gasteiger partial charge in [0.15, 0.2) is 0 Å². The molecular formula is C11H15ClFN. The second-order valence-electron chi connectivity index (χ2n) is 3.19. The van der Waals surface area contributed by atoms with E-state index in [9.17, 15) is 4.39 Å². The van der Waals surface area contributed by atoms with Crippen molar-refractivity contribution in [2.45, 2.75) is 19.8 Å². The highest BCUT2D eigenvalue weighted by Gasteiger charge is 2.01. The van der Waals surface area contributed by atoms with Crippen molar-refractivity contribution in [3.8, 4) is 0 Å². The van der Waals surface area contributed by atoms with E-state index in [-0.39, 0.29) is 5.82 Å². The second kappa shape index (κ2) is 5.99. The van der Waals surface area contributed by atoms with Crippen LogP contribution >= 0.6 is 11.6 Å². The summed E-state index contributed by atoms with van der Waals surface area (Å²) in [5.74, 6) is -0.161. The highest BCUT2D eigenvalue weighted by molar-refractivity contribution is 6.30. The molecule has 0 aliphatic heterocycles. The number of benzene rings is 1. The average molecular weight is 216 g/mol. The molecule has 3 heteroatoms. The molecule has 1 aromatic carbocycles. The summed E-state index contributed by atoms with van der Waals surface area (Å²) in [6.07, 6.45) is 1.67. The largest absolute Gasteiger partial charge is 0.317 e. The van der Waals surface area contributed by atoms with Gasteiger partial charge in [-0.25, -0.2) is 4.39 Å². The van der Waals surface area contributed by atoms with E-state index in [1.807, 2.05) is 0 Å². The molecule has 0 spiro atoms. The lowest BCUT2D eigenvalue weighted by Crippen LogP contribution is -2.14. The third kappa shape index (κ3) is 3.64.